The maximum atomic E-state index is 12.5. The molecule has 1 aliphatic rings. The van der Waals surface area contributed by atoms with Crippen molar-refractivity contribution >= 4 is 43.2 Å². The SMILES string of the molecule is C/C=C/C=C/C(=O)N1CCN(S(=O)(=O)c2ccc(Br)s2)CC1. The van der Waals surface area contributed by atoms with Gasteiger partial charge in [0.1, 0.15) is 4.21 Å². The van der Waals surface area contributed by atoms with Gasteiger partial charge in [0.25, 0.3) is 10.0 Å². The van der Waals surface area contributed by atoms with E-state index in [1.807, 2.05) is 13.0 Å². The molecule has 0 aliphatic carbocycles. The summed E-state index contributed by atoms with van der Waals surface area (Å²) in [5, 5.41) is 0. The fourth-order valence-electron chi connectivity index (χ4n) is 2.07. The molecule has 5 nitrogen and oxygen atoms in total. The van der Waals surface area contributed by atoms with Crippen molar-refractivity contribution in [2.24, 2.45) is 0 Å². The first-order valence-corrected chi connectivity index (χ1v) is 9.84. The van der Waals surface area contributed by atoms with Gasteiger partial charge in [-0.3, -0.25) is 4.79 Å². The molecule has 0 radical (unpaired) electrons. The van der Waals surface area contributed by atoms with Gasteiger partial charge in [0.15, 0.2) is 0 Å². The second-order valence-electron chi connectivity index (χ2n) is 4.67. The minimum Gasteiger partial charge on any atom is -0.337 e. The Morgan fingerprint density at radius 1 is 1.23 bits per heavy atom. The van der Waals surface area contributed by atoms with Crippen molar-refractivity contribution < 1.29 is 13.2 Å². The van der Waals surface area contributed by atoms with Gasteiger partial charge in [-0.25, -0.2) is 8.42 Å². The lowest BCUT2D eigenvalue weighted by molar-refractivity contribution is -0.127. The highest BCUT2D eigenvalue weighted by Gasteiger charge is 2.30. The van der Waals surface area contributed by atoms with E-state index in [-0.39, 0.29) is 5.91 Å². The standard InChI is InChI=1S/C14H17BrN2O3S2/c1-2-3-4-5-13(18)16-8-10-17(11-9-16)22(19,20)14-7-6-12(15)21-14/h2-7H,8-11H2,1H3/b3-2+,5-4+. The Bertz CT molecular complexity index is 687. The summed E-state index contributed by atoms with van der Waals surface area (Å²) in [6.07, 6.45) is 6.82. The average Bonchev–Trinajstić information content (AvgIpc) is 2.95. The molecule has 0 spiro atoms. The predicted molar refractivity (Wildman–Crippen MR) is 91.3 cm³/mol. The van der Waals surface area contributed by atoms with Gasteiger partial charge in [0, 0.05) is 32.3 Å². The first-order valence-electron chi connectivity index (χ1n) is 6.79. The number of piperazine rings is 1. The lowest BCUT2D eigenvalue weighted by atomic mass is 10.3. The van der Waals surface area contributed by atoms with Gasteiger partial charge in [-0.1, -0.05) is 18.2 Å². The first kappa shape index (κ1) is 17.4. The number of rotatable bonds is 4. The number of hydrogen-bond donors (Lipinski definition) is 0. The largest absolute Gasteiger partial charge is 0.337 e. The maximum Gasteiger partial charge on any atom is 0.252 e. The number of hydrogen-bond acceptors (Lipinski definition) is 4. The van der Waals surface area contributed by atoms with Gasteiger partial charge in [0.05, 0.1) is 3.79 Å². The van der Waals surface area contributed by atoms with E-state index < -0.39 is 10.0 Å². The smallest absolute Gasteiger partial charge is 0.252 e. The van der Waals surface area contributed by atoms with Crippen LogP contribution in [-0.4, -0.2) is 49.7 Å². The summed E-state index contributed by atoms with van der Waals surface area (Å²) in [4.78, 5) is 13.6. The summed E-state index contributed by atoms with van der Waals surface area (Å²) in [5.41, 5.74) is 0. The normalized spacial score (nSPS) is 17.6. The van der Waals surface area contributed by atoms with E-state index in [2.05, 4.69) is 15.9 Å². The molecule has 1 amide bonds. The van der Waals surface area contributed by atoms with Crippen LogP contribution in [0.5, 0.6) is 0 Å². The third-order valence-corrected chi connectivity index (χ3v) is 7.23. The molecule has 1 aromatic rings. The zero-order valence-corrected chi connectivity index (χ0v) is 15.3. The number of carbonyl (C=O) groups excluding carboxylic acids is 1. The number of halogens is 1. The monoisotopic (exact) mass is 404 g/mol. The first-order chi connectivity index (χ1) is 10.4. The number of amides is 1. The Morgan fingerprint density at radius 2 is 1.91 bits per heavy atom. The average molecular weight is 405 g/mol. The fourth-order valence-corrected chi connectivity index (χ4v) is 5.65. The van der Waals surface area contributed by atoms with Crippen molar-refractivity contribution in [2.45, 2.75) is 11.1 Å². The molecule has 22 heavy (non-hydrogen) atoms. The van der Waals surface area contributed by atoms with E-state index in [1.54, 1.807) is 29.2 Å². The summed E-state index contributed by atoms with van der Waals surface area (Å²) in [6, 6.07) is 3.32. The van der Waals surface area contributed by atoms with Gasteiger partial charge in [-0.15, -0.1) is 11.3 Å². The van der Waals surface area contributed by atoms with Crippen molar-refractivity contribution in [3.63, 3.8) is 0 Å². The molecule has 0 unspecified atom stereocenters. The van der Waals surface area contributed by atoms with E-state index in [4.69, 9.17) is 0 Å². The quantitative estimate of drug-likeness (QED) is 0.571. The highest BCUT2D eigenvalue weighted by atomic mass is 79.9. The summed E-state index contributed by atoms with van der Waals surface area (Å²) in [6.45, 7) is 3.33. The molecule has 2 heterocycles. The number of thiophene rings is 1. The van der Waals surface area contributed by atoms with E-state index in [0.717, 1.165) is 3.79 Å². The van der Waals surface area contributed by atoms with E-state index in [9.17, 15) is 13.2 Å². The molecule has 2 rings (SSSR count). The second-order valence-corrected chi connectivity index (χ2v) is 9.30. The highest BCUT2D eigenvalue weighted by molar-refractivity contribution is 9.11. The molecular weight excluding hydrogens is 388 g/mol. The second kappa shape index (κ2) is 7.54. The lowest BCUT2D eigenvalue weighted by Gasteiger charge is -2.33. The third kappa shape index (κ3) is 4.07. The van der Waals surface area contributed by atoms with E-state index in [0.29, 0.717) is 30.4 Å². The van der Waals surface area contributed by atoms with Crippen LogP contribution in [-0.2, 0) is 14.8 Å². The maximum absolute atomic E-state index is 12.5. The number of nitrogens with zero attached hydrogens (tertiary/aromatic N) is 2. The molecule has 8 heteroatoms. The van der Waals surface area contributed by atoms with Gasteiger partial charge in [-0.2, -0.15) is 4.31 Å². The minimum absolute atomic E-state index is 0.0889. The van der Waals surface area contributed by atoms with Crippen LogP contribution in [0.3, 0.4) is 0 Å². The highest BCUT2D eigenvalue weighted by Crippen LogP contribution is 2.28. The Balaban J connectivity index is 1.99. The van der Waals surface area contributed by atoms with Gasteiger partial charge in [-0.05, 0) is 35.0 Å². The van der Waals surface area contributed by atoms with Gasteiger partial charge in [0.2, 0.25) is 5.91 Å². The van der Waals surface area contributed by atoms with E-state index in [1.165, 1.54) is 21.7 Å². The molecule has 1 aliphatic heterocycles. The summed E-state index contributed by atoms with van der Waals surface area (Å²) >= 11 is 4.47. The Morgan fingerprint density at radius 3 is 2.45 bits per heavy atom. The van der Waals surface area contributed by atoms with Crippen molar-refractivity contribution in [1.29, 1.82) is 0 Å². The molecule has 1 fully saturated rings. The molecule has 0 aromatic carbocycles. The van der Waals surface area contributed by atoms with Crippen LogP contribution in [0.1, 0.15) is 6.92 Å². The molecule has 0 saturated carbocycles. The van der Waals surface area contributed by atoms with E-state index >= 15 is 0 Å². The van der Waals surface area contributed by atoms with Crippen LogP contribution < -0.4 is 0 Å². The molecular formula is C14H17BrN2O3S2. The summed E-state index contributed by atoms with van der Waals surface area (Å²) in [5.74, 6) is -0.0889. The Hall–Kier alpha value is -0.960. The number of sulfonamides is 1. The Kier molecular flexibility index (Phi) is 5.96. The van der Waals surface area contributed by atoms with Crippen LogP contribution in [0.2, 0.25) is 0 Å². The molecule has 1 saturated heterocycles. The third-order valence-electron chi connectivity index (χ3n) is 3.24. The molecule has 0 bridgehead atoms. The van der Waals surface area contributed by atoms with Crippen molar-refractivity contribution in [3.8, 4) is 0 Å². The zero-order chi connectivity index (χ0) is 16.2. The van der Waals surface area contributed by atoms with Crippen molar-refractivity contribution in [1.82, 2.24) is 9.21 Å². The van der Waals surface area contributed by atoms with Crippen molar-refractivity contribution in [2.75, 3.05) is 26.2 Å². The minimum atomic E-state index is -3.46. The van der Waals surface area contributed by atoms with Crippen LogP contribution in [0.15, 0.2) is 44.4 Å². The predicted octanol–water partition coefficient (Wildman–Crippen LogP) is 2.48. The topological polar surface area (TPSA) is 57.7 Å². The molecule has 0 N–H and O–H groups in total. The molecule has 1 aromatic heterocycles. The van der Waals surface area contributed by atoms with Crippen LogP contribution in [0.25, 0.3) is 0 Å². The van der Waals surface area contributed by atoms with Crippen LogP contribution in [0, 0.1) is 0 Å². The van der Waals surface area contributed by atoms with Crippen molar-refractivity contribution in [3.05, 3.63) is 40.2 Å². The van der Waals surface area contributed by atoms with Crippen LogP contribution in [0.4, 0.5) is 0 Å². The summed E-state index contributed by atoms with van der Waals surface area (Å²) < 4.78 is 27.5. The lowest BCUT2D eigenvalue weighted by Crippen LogP contribution is -2.50. The Labute approximate surface area is 143 Å². The number of allylic oxidation sites excluding steroid dienone is 3. The number of carbonyl (C=O) groups is 1. The van der Waals surface area contributed by atoms with Gasteiger partial charge < -0.3 is 4.90 Å². The molecule has 0 atom stereocenters. The fraction of sp³-hybridized carbons (Fsp3) is 0.357. The summed E-state index contributed by atoms with van der Waals surface area (Å²) in [7, 11) is -3.46. The zero-order valence-electron chi connectivity index (χ0n) is 12.1. The van der Waals surface area contributed by atoms with Crippen LogP contribution >= 0.6 is 27.3 Å². The van der Waals surface area contributed by atoms with Gasteiger partial charge >= 0.3 is 0 Å². The molecule has 120 valence electrons.